The molecule has 0 atom stereocenters. The van der Waals surface area contributed by atoms with E-state index in [0.29, 0.717) is 15.8 Å². The minimum atomic E-state index is -0.313. The van der Waals surface area contributed by atoms with Crippen LogP contribution in [0, 0.1) is 12.7 Å². The normalized spacial score (nSPS) is 18.2. The summed E-state index contributed by atoms with van der Waals surface area (Å²) in [5, 5.41) is 3.21. The molecule has 1 aliphatic rings. The zero-order valence-electron chi connectivity index (χ0n) is 12.1. The molecule has 2 aromatic rings. The number of carbonyl (C=O) groups is 1. The number of halogens is 1. The van der Waals surface area contributed by atoms with Crippen LogP contribution in [0.15, 0.2) is 46.3 Å². The minimum Gasteiger partial charge on any atom is -0.348 e. The van der Waals surface area contributed by atoms with Gasteiger partial charge in [-0.05, 0) is 61.2 Å². The predicted molar refractivity (Wildman–Crippen MR) is 87.4 cm³/mol. The lowest BCUT2D eigenvalue weighted by Crippen LogP contribution is -2.19. The molecule has 0 unspecified atom stereocenters. The second-order valence-corrected chi connectivity index (χ2v) is 5.95. The first-order valence-electron chi connectivity index (χ1n) is 6.70. The van der Waals surface area contributed by atoms with Crippen LogP contribution >= 0.6 is 11.8 Å². The highest BCUT2D eigenvalue weighted by molar-refractivity contribution is 8.18. The summed E-state index contributed by atoms with van der Waals surface area (Å²) in [6.07, 6.45) is 1.83. The van der Waals surface area contributed by atoms with E-state index in [0.717, 1.165) is 11.4 Å². The molecule has 2 heterocycles. The van der Waals surface area contributed by atoms with Crippen molar-refractivity contribution in [3.63, 3.8) is 0 Å². The SMILES string of the molecule is Cc1ccc(/C=C2\SC(=Nc3ccc(F)cc3)NC2=O)n1C. The summed E-state index contributed by atoms with van der Waals surface area (Å²) >= 11 is 1.27. The van der Waals surface area contributed by atoms with Crippen LogP contribution in [0.25, 0.3) is 6.08 Å². The third kappa shape index (κ3) is 2.96. The average Bonchev–Trinajstić information content (AvgIpc) is 2.99. The summed E-state index contributed by atoms with van der Waals surface area (Å²) < 4.78 is 14.9. The van der Waals surface area contributed by atoms with Gasteiger partial charge in [0.1, 0.15) is 5.82 Å². The number of benzene rings is 1. The number of thioether (sulfide) groups is 1. The molecule has 0 spiro atoms. The molecule has 4 nitrogen and oxygen atoms in total. The van der Waals surface area contributed by atoms with E-state index in [-0.39, 0.29) is 11.7 Å². The van der Waals surface area contributed by atoms with Crippen LogP contribution < -0.4 is 5.32 Å². The molecule has 1 aliphatic heterocycles. The number of aromatic nitrogens is 1. The Bertz CT molecular complexity index is 790. The zero-order chi connectivity index (χ0) is 15.7. The molecule has 112 valence electrons. The minimum absolute atomic E-state index is 0.176. The molecular weight excluding hydrogens is 301 g/mol. The lowest BCUT2D eigenvalue weighted by Gasteiger charge is -2.00. The summed E-state index contributed by atoms with van der Waals surface area (Å²) in [5.41, 5.74) is 2.67. The van der Waals surface area contributed by atoms with Gasteiger partial charge in [-0.25, -0.2) is 9.38 Å². The van der Waals surface area contributed by atoms with Gasteiger partial charge in [-0.3, -0.25) is 4.79 Å². The van der Waals surface area contributed by atoms with Gasteiger partial charge in [0, 0.05) is 18.4 Å². The molecular formula is C16H14FN3OS. The zero-order valence-corrected chi connectivity index (χ0v) is 12.9. The van der Waals surface area contributed by atoms with Gasteiger partial charge in [-0.15, -0.1) is 0 Å². The maximum atomic E-state index is 12.9. The summed E-state index contributed by atoms with van der Waals surface area (Å²) in [6.45, 7) is 2.01. The first-order chi connectivity index (χ1) is 10.5. The standard InChI is InChI=1S/C16H14FN3OS/c1-10-3-8-13(20(10)2)9-14-15(21)19-16(22-14)18-12-6-4-11(17)5-7-12/h3-9H,1-2H3,(H,18,19,21)/b14-9-. The molecule has 1 aromatic carbocycles. The summed E-state index contributed by atoms with van der Waals surface area (Å²) in [4.78, 5) is 16.9. The van der Waals surface area contributed by atoms with Crippen molar-refractivity contribution in [3.05, 3.63) is 58.5 Å². The highest BCUT2D eigenvalue weighted by Gasteiger charge is 2.24. The fourth-order valence-corrected chi connectivity index (χ4v) is 2.85. The smallest absolute Gasteiger partial charge is 0.264 e. The van der Waals surface area contributed by atoms with Crippen molar-refractivity contribution in [3.8, 4) is 0 Å². The molecule has 0 aliphatic carbocycles. The fourth-order valence-electron chi connectivity index (χ4n) is 2.03. The molecule has 3 rings (SSSR count). The van der Waals surface area contributed by atoms with Gasteiger partial charge in [0.15, 0.2) is 5.17 Å². The van der Waals surface area contributed by atoms with Crippen LogP contribution in [0.1, 0.15) is 11.4 Å². The fraction of sp³-hybridized carbons (Fsp3) is 0.125. The number of nitrogens with one attached hydrogen (secondary N) is 1. The average molecular weight is 315 g/mol. The third-order valence-corrected chi connectivity index (χ3v) is 4.31. The second kappa shape index (κ2) is 5.81. The van der Waals surface area contributed by atoms with Crippen LogP contribution in [0.4, 0.5) is 10.1 Å². The van der Waals surface area contributed by atoms with Crippen molar-refractivity contribution in [1.82, 2.24) is 9.88 Å². The summed E-state index contributed by atoms with van der Waals surface area (Å²) in [6, 6.07) is 9.77. The number of rotatable bonds is 2. The van der Waals surface area contributed by atoms with Gasteiger partial charge in [-0.2, -0.15) is 0 Å². The van der Waals surface area contributed by atoms with Crippen LogP contribution in [0.2, 0.25) is 0 Å². The Balaban J connectivity index is 1.84. The molecule has 0 bridgehead atoms. The van der Waals surface area contributed by atoms with E-state index >= 15 is 0 Å². The Kier molecular flexibility index (Phi) is 3.85. The first-order valence-corrected chi connectivity index (χ1v) is 7.52. The van der Waals surface area contributed by atoms with E-state index in [4.69, 9.17) is 0 Å². The van der Waals surface area contributed by atoms with E-state index in [1.807, 2.05) is 36.7 Å². The maximum Gasteiger partial charge on any atom is 0.264 e. The number of hydrogen-bond donors (Lipinski definition) is 1. The molecule has 1 saturated heterocycles. The molecule has 1 amide bonds. The molecule has 1 N–H and O–H groups in total. The predicted octanol–water partition coefficient (Wildman–Crippen LogP) is 3.36. The van der Waals surface area contributed by atoms with Crippen molar-refractivity contribution in [1.29, 1.82) is 0 Å². The van der Waals surface area contributed by atoms with Crippen molar-refractivity contribution < 1.29 is 9.18 Å². The highest BCUT2D eigenvalue weighted by atomic mass is 32.2. The Labute approximate surface area is 131 Å². The van der Waals surface area contributed by atoms with Crippen molar-refractivity contribution in [2.24, 2.45) is 12.0 Å². The number of amidine groups is 1. The van der Waals surface area contributed by atoms with Crippen molar-refractivity contribution in [2.45, 2.75) is 6.92 Å². The van der Waals surface area contributed by atoms with Gasteiger partial charge in [0.2, 0.25) is 0 Å². The van der Waals surface area contributed by atoms with Gasteiger partial charge < -0.3 is 9.88 Å². The molecule has 22 heavy (non-hydrogen) atoms. The molecule has 0 saturated carbocycles. The number of hydrogen-bond acceptors (Lipinski definition) is 3. The third-order valence-electron chi connectivity index (χ3n) is 3.40. The van der Waals surface area contributed by atoms with E-state index in [1.165, 1.54) is 23.9 Å². The molecule has 1 fully saturated rings. The van der Waals surface area contributed by atoms with E-state index in [9.17, 15) is 9.18 Å². The molecule has 0 radical (unpaired) electrons. The van der Waals surface area contributed by atoms with Gasteiger partial charge >= 0.3 is 0 Å². The quantitative estimate of drug-likeness (QED) is 0.864. The number of aliphatic imine (C=N–C) groups is 1. The van der Waals surface area contributed by atoms with Gasteiger partial charge in [-0.1, -0.05) is 0 Å². The Hall–Kier alpha value is -2.34. The van der Waals surface area contributed by atoms with Crippen molar-refractivity contribution in [2.75, 3.05) is 0 Å². The number of aryl methyl sites for hydroxylation is 1. The lowest BCUT2D eigenvalue weighted by molar-refractivity contribution is -0.115. The van der Waals surface area contributed by atoms with E-state index < -0.39 is 0 Å². The largest absolute Gasteiger partial charge is 0.348 e. The van der Waals surface area contributed by atoms with Gasteiger partial charge in [0.25, 0.3) is 5.91 Å². The van der Waals surface area contributed by atoms with Crippen LogP contribution in [0.3, 0.4) is 0 Å². The Morgan fingerprint density at radius 2 is 1.95 bits per heavy atom. The second-order valence-electron chi connectivity index (χ2n) is 4.92. The van der Waals surface area contributed by atoms with Crippen LogP contribution in [-0.4, -0.2) is 15.6 Å². The Morgan fingerprint density at radius 1 is 1.23 bits per heavy atom. The summed E-state index contributed by atoms with van der Waals surface area (Å²) in [7, 11) is 1.95. The van der Waals surface area contributed by atoms with Gasteiger partial charge in [0.05, 0.1) is 10.6 Å². The van der Waals surface area contributed by atoms with Crippen molar-refractivity contribution >= 4 is 34.6 Å². The first kappa shape index (κ1) is 14.6. The lowest BCUT2D eigenvalue weighted by atomic mass is 10.3. The maximum absolute atomic E-state index is 12.9. The topological polar surface area (TPSA) is 46.4 Å². The van der Waals surface area contributed by atoms with Crippen LogP contribution in [-0.2, 0) is 11.8 Å². The summed E-state index contributed by atoms with van der Waals surface area (Å²) in [5.74, 6) is -0.489. The monoisotopic (exact) mass is 315 g/mol. The van der Waals surface area contributed by atoms with E-state index in [2.05, 4.69) is 10.3 Å². The molecule has 1 aromatic heterocycles. The Morgan fingerprint density at radius 3 is 2.59 bits per heavy atom. The van der Waals surface area contributed by atoms with E-state index in [1.54, 1.807) is 12.1 Å². The highest BCUT2D eigenvalue weighted by Crippen LogP contribution is 2.28. The number of amides is 1. The molecule has 6 heteroatoms. The van der Waals surface area contributed by atoms with Crippen LogP contribution in [0.5, 0.6) is 0 Å². The number of carbonyl (C=O) groups excluding carboxylic acids is 1. The number of nitrogens with zero attached hydrogens (tertiary/aromatic N) is 2.